The SMILES string of the molecule is CC(C)(C)c1ccc(N2c3cc(-c4ccc5c(-c6ccccc6)c6ccccc6cc5c4)cc4c3B(c3sc5ccc(C(C)(C)C)cc5c32)c2c3c5ccccc5n5c6ccccc6c(c6c7ccccc7n-4c26)c35)cc1. The van der Waals surface area contributed by atoms with Gasteiger partial charge >= 0.3 is 0 Å². The zero-order valence-electron chi connectivity index (χ0n) is 44.0. The van der Waals surface area contributed by atoms with E-state index in [1.807, 2.05) is 11.3 Å². The van der Waals surface area contributed by atoms with Crippen molar-refractivity contribution < 1.29 is 0 Å². The monoisotopic (exact) mass is 1000 g/mol. The molecule has 0 saturated heterocycles. The minimum atomic E-state index is -0.0580. The molecule has 17 rings (SSSR count). The minimum Gasteiger partial charge on any atom is -0.310 e. The molecule has 11 aromatic carbocycles. The molecule has 0 radical (unpaired) electrons. The molecule has 77 heavy (non-hydrogen) atoms. The molecule has 0 atom stereocenters. The van der Waals surface area contributed by atoms with Crippen molar-refractivity contribution in [2.45, 2.75) is 52.4 Å². The van der Waals surface area contributed by atoms with Gasteiger partial charge in [0, 0.05) is 64.2 Å². The van der Waals surface area contributed by atoms with E-state index in [9.17, 15) is 0 Å². The third-order valence-corrected chi connectivity index (χ3v) is 18.9. The number of anilines is 3. The second kappa shape index (κ2) is 15.1. The van der Waals surface area contributed by atoms with Crippen molar-refractivity contribution in [3.05, 3.63) is 217 Å². The van der Waals surface area contributed by atoms with Crippen LogP contribution in [-0.4, -0.2) is 15.7 Å². The van der Waals surface area contributed by atoms with E-state index in [1.54, 1.807) is 0 Å². The highest BCUT2D eigenvalue weighted by Gasteiger charge is 2.47. The molecule has 15 aromatic rings. The normalized spacial score (nSPS) is 13.5. The molecule has 0 aliphatic carbocycles. The van der Waals surface area contributed by atoms with Crippen molar-refractivity contribution in [1.82, 2.24) is 8.97 Å². The van der Waals surface area contributed by atoms with Crippen LogP contribution in [-0.2, 0) is 10.8 Å². The molecule has 5 heteroatoms. The summed E-state index contributed by atoms with van der Waals surface area (Å²) in [5.74, 6) is 0. The van der Waals surface area contributed by atoms with Gasteiger partial charge in [0.1, 0.15) is 0 Å². The first-order valence-electron chi connectivity index (χ1n) is 27.3. The van der Waals surface area contributed by atoms with Crippen LogP contribution in [0.5, 0.6) is 0 Å². The fourth-order valence-corrected chi connectivity index (χ4v) is 15.5. The lowest BCUT2D eigenvalue weighted by Crippen LogP contribution is -2.59. The van der Waals surface area contributed by atoms with Gasteiger partial charge < -0.3 is 13.9 Å². The van der Waals surface area contributed by atoms with Crippen LogP contribution in [0, 0.1) is 0 Å². The summed E-state index contributed by atoms with van der Waals surface area (Å²) in [7, 11) is 0. The Morgan fingerprint density at radius 2 is 1.00 bits per heavy atom. The van der Waals surface area contributed by atoms with Gasteiger partial charge in [-0.05, 0) is 143 Å². The van der Waals surface area contributed by atoms with Crippen molar-refractivity contribution >= 4 is 142 Å². The van der Waals surface area contributed by atoms with Crippen LogP contribution < -0.4 is 20.6 Å². The first-order chi connectivity index (χ1) is 37.5. The molecule has 0 saturated carbocycles. The molecule has 2 aliphatic rings. The van der Waals surface area contributed by atoms with Crippen molar-refractivity contribution in [3.8, 4) is 27.9 Å². The largest absolute Gasteiger partial charge is 0.310 e. The van der Waals surface area contributed by atoms with Crippen molar-refractivity contribution in [2.75, 3.05) is 4.90 Å². The van der Waals surface area contributed by atoms with E-state index in [2.05, 4.69) is 262 Å². The zero-order chi connectivity index (χ0) is 51.4. The molecule has 0 fully saturated rings. The Hall–Kier alpha value is -8.64. The quantitative estimate of drug-likeness (QED) is 0.127. The molecule has 0 spiro atoms. The van der Waals surface area contributed by atoms with E-state index in [0.29, 0.717) is 0 Å². The molecule has 0 bridgehead atoms. The van der Waals surface area contributed by atoms with E-state index in [-0.39, 0.29) is 17.5 Å². The fraction of sp³-hybridized carbons (Fsp3) is 0.111. The molecule has 364 valence electrons. The van der Waals surface area contributed by atoms with Gasteiger partial charge in [-0.2, -0.15) is 0 Å². The Morgan fingerprint density at radius 3 is 1.73 bits per heavy atom. The lowest BCUT2D eigenvalue weighted by molar-refractivity contribution is 0.590. The number of thiophene rings is 1. The average molecular weight is 1000 g/mol. The number of rotatable bonds is 3. The van der Waals surface area contributed by atoms with Crippen LogP contribution >= 0.6 is 11.3 Å². The highest BCUT2D eigenvalue weighted by Crippen LogP contribution is 2.52. The maximum absolute atomic E-state index is 2.70. The van der Waals surface area contributed by atoms with E-state index in [0.717, 1.165) is 0 Å². The lowest BCUT2D eigenvalue weighted by atomic mass is 9.36. The van der Waals surface area contributed by atoms with Crippen molar-refractivity contribution in [3.63, 3.8) is 0 Å². The van der Waals surface area contributed by atoms with Gasteiger partial charge in [-0.15, -0.1) is 11.3 Å². The maximum Gasteiger partial charge on any atom is 0.265 e. The van der Waals surface area contributed by atoms with Crippen molar-refractivity contribution in [2.24, 2.45) is 0 Å². The third-order valence-electron chi connectivity index (χ3n) is 17.7. The number of fused-ring (bicyclic) bond motifs is 19. The van der Waals surface area contributed by atoms with E-state index < -0.39 is 0 Å². The van der Waals surface area contributed by atoms with Gasteiger partial charge in [0.2, 0.25) is 0 Å². The number of benzene rings is 11. The second-order valence-electron chi connectivity index (χ2n) is 24.0. The van der Waals surface area contributed by atoms with Crippen LogP contribution in [0.4, 0.5) is 17.1 Å². The summed E-state index contributed by atoms with van der Waals surface area (Å²) in [6.07, 6.45) is 0. The highest BCUT2D eigenvalue weighted by molar-refractivity contribution is 7.34. The Bertz CT molecular complexity index is 5060. The summed E-state index contributed by atoms with van der Waals surface area (Å²) in [6.45, 7) is 13.9. The predicted molar refractivity (Wildman–Crippen MR) is 333 cm³/mol. The summed E-state index contributed by atoms with van der Waals surface area (Å²) in [5.41, 5.74) is 21.7. The van der Waals surface area contributed by atoms with Crippen LogP contribution in [0.3, 0.4) is 0 Å². The van der Waals surface area contributed by atoms with E-state index in [4.69, 9.17) is 0 Å². The molecule has 4 aromatic heterocycles. The number of hydrogen-bond acceptors (Lipinski definition) is 2. The number of aromatic nitrogens is 2. The Morgan fingerprint density at radius 1 is 0.403 bits per heavy atom. The van der Waals surface area contributed by atoms with Crippen LogP contribution in [0.25, 0.3) is 119 Å². The Labute approximate surface area is 451 Å². The molecule has 0 N–H and O–H groups in total. The Balaban J connectivity index is 1.07. The third kappa shape index (κ3) is 5.77. The summed E-state index contributed by atoms with van der Waals surface area (Å²) in [6, 6.07) is 79.0. The fourth-order valence-electron chi connectivity index (χ4n) is 14.2. The smallest absolute Gasteiger partial charge is 0.265 e. The standard InChI is InChI=1S/C72H52BN3S/c1-71(2,3)46-29-32-48(33-30-46)74-58-38-44(42-28-34-50-45(36-42)37-43-20-10-11-21-49(43)61(50)41-18-8-7-9-19-41)39-59-65(58)73(70-67(74)54-40-47(72(4,5)6)31-35-60(54)77-70)66-64-53-24-14-17-27-57(53)75-55-25-15-12-22-51(55)62(68(64)75)63-52-23-13-16-26-56(52)76(59)69(63)66/h7-40H,1-6H3. The lowest BCUT2D eigenvalue weighted by Gasteiger charge is -2.40. The predicted octanol–water partition coefficient (Wildman–Crippen LogP) is 18.0. The molecule has 6 heterocycles. The van der Waals surface area contributed by atoms with Gasteiger partial charge in [-0.25, -0.2) is 0 Å². The first-order valence-corrected chi connectivity index (χ1v) is 28.1. The molecular weight excluding hydrogens is 950 g/mol. The number of nitrogens with zero attached hydrogens (tertiary/aromatic N) is 3. The molecular formula is C72H52BN3S. The van der Waals surface area contributed by atoms with Crippen molar-refractivity contribution in [1.29, 1.82) is 0 Å². The number of hydrogen-bond donors (Lipinski definition) is 0. The minimum absolute atomic E-state index is 0.00552. The van der Waals surface area contributed by atoms with Crippen LogP contribution in [0.15, 0.2) is 206 Å². The molecule has 2 aliphatic heterocycles. The zero-order valence-corrected chi connectivity index (χ0v) is 44.8. The highest BCUT2D eigenvalue weighted by atomic mass is 32.1. The Kier molecular flexibility index (Phi) is 8.52. The summed E-state index contributed by atoms with van der Waals surface area (Å²) in [4.78, 5) is 2.67. The topological polar surface area (TPSA) is 12.6 Å². The van der Waals surface area contributed by atoms with Gasteiger partial charge in [-0.3, -0.25) is 0 Å². The summed E-state index contributed by atoms with van der Waals surface area (Å²) in [5, 5.41) is 14.3. The molecule has 0 amide bonds. The van der Waals surface area contributed by atoms with Gasteiger partial charge in [0.15, 0.2) is 0 Å². The van der Waals surface area contributed by atoms with Crippen LogP contribution in [0.2, 0.25) is 0 Å². The van der Waals surface area contributed by atoms with Gasteiger partial charge in [0.05, 0.1) is 33.3 Å². The van der Waals surface area contributed by atoms with Gasteiger partial charge in [-0.1, -0.05) is 181 Å². The summed E-state index contributed by atoms with van der Waals surface area (Å²) >= 11 is 2.00. The number of para-hydroxylation sites is 3. The maximum atomic E-state index is 2.70. The van der Waals surface area contributed by atoms with E-state index >= 15 is 0 Å². The van der Waals surface area contributed by atoms with E-state index in [1.165, 1.54) is 163 Å². The van der Waals surface area contributed by atoms with Crippen LogP contribution in [0.1, 0.15) is 52.7 Å². The first kappa shape index (κ1) is 43.6. The summed E-state index contributed by atoms with van der Waals surface area (Å²) < 4.78 is 8.01. The second-order valence-corrected chi connectivity index (χ2v) is 25.1. The molecule has 0 unspecified atom stereocenters. The van der Waals surface area contributed by atoms with Gasteiger partial charge in [0.25, 0.3) is 6.71 Å². The average Bonchev–Trinajstić information content (AvgIpc) is 2.83. The molecule has 3 nitrogen and oxygen atoms in total.